The summed E-state index contributed by atoms with van der Waals surface area (Å²) in [7, 11) is 1.77. The van der Waals surface area contributed by atoms with E-state index in [-0.39, 0.29) is 0 Å². The standard InChI is InChI=1S/C9H10.C2H5NS/c1-3-9-6-4-8(2)5-7-9;1-3-2-4/h3-7H,1H2,2H3;2H,1H3,(H,3,4). The molecule has 1 aromatic carbocycles. The van der Waals surface area contributed by atoms with Crippen LogP contribution in [0.3, 0.4) is 0 Å². The maximum Gasteiger partial charge on any atom is 0.0612 e. The van der Waals surface area contributed by atoms with Crippen molar-refractivity contribution in [1.82, 2.24) is 5.32 Å². The molecule has 0 bridgehead atoms. The van der Waals surface area contributed by atoms with Gasteiger partial charge in [0, 0.05) is 7.05 Å². The lowest BCUT2D eigenvalue weighted by molar-refractivity contribution is 1.24. The molecule has 0 unspecified atom stereocenters. The molecule has 1 N–H and O–H groups in total. The molecule has 2 heteroatoms. The van der Waals surface area contributed by atoms with Crippen LogP contribution >= 0.6 is 12.2 Å². The third-order valence-corrected chi connectivity index (χ3v) is 1.67. The minimum Gasteiger partial charge on any atom is -0.385 e. The summed E-state index contributed by atoms with van der Waals surface area (Å²) >= 11 is 4.32. The first-order chi connectivity index (χ1) is 6.24. The van der Waals surface area contributed by atoms with Crippen LogP contribution in [0.25, 0.3) is 6.08 Å². The Bertz CT molecular complexity index is 251. The summed E-state index contributed by atoms with van der Waals surface area (Å²) in [5, 5.41) is 2.62. The summed E-state index contributed by atoms with van der Waals surface area (Å²) in [6, 6.07) is 8.28. The Labute approximate surface area is 85.5 Å². The third kappa shape index (κ3) is 6.05. The summed E-state index contributed by atoms with van der Waals surface area (Å²) in [5.74, 6) is 0. The van der Waals surface area contributed by atoms with Crippen molar-refractivity contribution in [2.24, 2.45) is 0 Å². The van der Waals surface area contributed by atoms with Gasteiger partial charge in [0.15, 0.2) is 0 Å². The van der Waals surface area contributed by atoms with Crippen LogP contribution in [0.4, 0.5) is 0 Å². The number of nitrogens with one attached hydrogen (secondary N) is 1. The highest BCUT2D eigenvalue weighted by Crippen LogP contribution is 2.02. The van der Waals surface area contributed by atoms with Crippen molar-refractivity contribution in [1.29, 1.82) is 0 Å². The molecule has 0 saturated heterocycles. The van der Waals surface area contributed by atoms with E-state index in [9.17, 15) is 0 Å². The van der Waals surface area contributed by atoms with Crippen LogP contribution in [0, 0.1) is 6.92 Å². The molecule has 0 aliphatic heterocycles. The van der Waals surface area contributed by atoms with Gasteiger partial charge in [0.1, 0.15) is 0 Å². The maximum absolute atomic E-state index is 4.32. The van der Waals surface area contributed by atoms with E-state index in [4.69, 9.17) is 0 Å². The number of aryl methyl sites for hydroxylation is 1. The summed E-state index contributed by atoms with van der Waals surface area (Å²) in [6.07, 6.45) is 1.85. The summed E-state index contributed by atoms with van der Waals surface area (Å²) in [5.41, 5.74) is 3.93. The Balaban J connectivity index is 0.000000310. The second-order valence-electron chi connectivity index (χ2n) is 2.52. The SMILES string of the molecule is C=Cc1ccc(C)cc1.CNC=S. The predicted molar refractivity (Wildman–Crippen MR) is 64.0 cm³/mol. The lowest BCUT2D eigenvalue weighted by Gasteiger charge is -1.91. The Morgan fingerprint density at radius 3 is 2.08 bits per heavy atom. The number of hydrogen-bond donors (Lipinski definition) is 1. The van der Waals surface area contributed by atoms with Gasteiger partial charge in [0.05, 0.1) is 5.49 Å². The minimum absolute atomic E-state index is 1.18. The van der Waals surface area contributed by atoms with E-state index in [1.807, 2.05) is 6.08 Å². The fourth-order valence-corrected chi connectivity index (χ4v) is 0.703. The largest absolute Gasteiger partial charge is 0.385 e. The minimum atomic E-state index is 1.18. The van der Waals surface area contributed by atoms with Gasteiger partial charge in [-0.05, 0) is 12.5 Å². The summed E-state index contributed by atoms with van der Waals surface area (Å²) < 4.78 is 0. The van der Waals surface area contributed by atoms with Crippen LogP contribution in [-0.2, 0) is 0 Å². The lowest BCUT2D eigenvalue weighted by Crippen LogP contribution is -1.95. The lowest BCUT2D eigenvalue weighted by atomic mass is 10.2. The molecule has 1 nitrogen and oxygen atoms in total. The van der Waals surface area contributed by atoms with Crippen LogP contribution in [0.2, 0.25) is 0 Å². The van der Waals surface area contributed by atoms with Crippen LogP contribution < -0.4 is 5.32 Å². The van der Waals surface area contributed by atoms with Crippen LogP contribution in [0.1, 0.15) is 11.1 Å². The first-order valence-corrected chi connectivity index (χ1v) is 4.51. The molecule has 0 heterocycles. The molecule has 0 saturated carbocycles. The average molecular weight is 193 g/mol. The van der Waals surface area contributed by atoms with Gasteiger partial charge in [-0.15, -0.1) is 0 Å². The summed E-state index contributed by atoms with van der Waals surface area (Å²) in [4.78, 5) is 0. The van der Waals surface area contributed by atoms with Crippen molar-refractivity contribution >= 4 is 23.8 Å². The molecule has 0 aliphatic rings. The Morgan fingerprint density at radius 1 is 1.31 bits per heavy atom. The van der Waals surface area contributed by atoms with Gasteiger partial charge in [-0.1, -0.05) is 54.7 Å². The van der Waals surface area contributed by atoms with Crippen LogP contribution in [0.5, 0.6) is 0 Å². The molecule has 0 spiro atoms. The van der Waals surface area contributed by atoms with E-state index < -0.39 is 0 Å². The van der Waals surface area contributed by atoms with E-state index in [1.54, 1.807) is 7.05 Å². The smallest absolute Gasteiger partial charge is 0.0612 e. The van der Waals surface area contributed by atoms with Crippen molar-refractivity contribution in [2.75, 3.05) is 7.05 Å². The zero-order valence-electron chi connectivity index (χ0n) is 8.08. The van der Waals surface area contributed by atoms with E-state index >= 15 is 0 Å². The van der Waals surface area contributed by atoms with Gasteiger partial charge in [0.2, 0.25) is 0 Å². The highest BCUT2D eigenvalue weighted by molar-refractivity contribution is 7.78. The molecule has 0 radical (unpaired) electrons. The fourth-order valence-electron chi connectivity index (χ4n) is 0.703. The second kappa shape index (κ2) is 7.50. The van der Waals surface area contributed by atoms with Crippen molar-refractivity contribution in [3.63, 3.8) is 0 Å². The van der Waals surface area contributed by atoms with Gasteiger partial charge >= 0.3 is 0 Å². The van der Waals surface area contributed by atoms with Crippen LogP contribution in [0.15, 0.2) is 30.8 Å². The molecule has 13 heavy (non-hydrogen) atoms. The third-order valence-electron chi connectivity index (χ3n) is 1.43. The molecule has 0 fully saturated rings. The van der Waals surface area contributed by atoms with E-state index in [0.717, 1.165) is 0 Å². The molecule has 0 aliphatic carbocycles. The zero-order chi connectivity index (χ0) is 10.1. The van der Waals surface area contributed by atoms with Gasteiger partial charge in [-0.25, -0.2) is 0 Å². The Morgan fingerprint density at radius 2 is 1.77 bits per heavy atom. The Hall–Kier alpha value is -1.15. The van der Waals surface area contributed by atoms with Crippen molar-refractivity contribution in [3.8, 4) is 0 Å². The van der Waals surface area contributed by atoms with Crippen LogP contribution in [-0.4, -0.2) is 12.5 Å². The average Bonchev–Trinajstić information content (AvgIpc) is 2.19. The molecule has 0 aromatic heterocycles. The molecule has 0 amide bonds. The Kier molecular flexibility index (Phi) is 6.83. The summed E-state index contributed by atoms with van der Waals surface area (Å²) in [6.45, 7) is 5.74. The highest BCUT2D eigenvalue weighted by Gasteiger charge is 1.82. The van der Waals surface area contributed by atoms with E-state index in [2.05, 4.69) is 55.3 Å². The monoisotopic (exact) mass is 193 g/mol. The topological polar surface area (TPSA) is 12.0 Å². The van der Waals surface area contributed by atoms with Gasteiger partial charge in [-0.3, -0.25) is 0 Å². The molecule has 1 rings (SSSR count). The second-order valence-corrected chi connectivity index (χ2v) is 2.76. The van der Waals surface area contributed by atoms with Gasteiger partial charge in [0.25, 0.3) is 0 Å². The highest BCUT2D eigenvalue weighted by atomic mass is 32.1. The van der Waals surface area contributed by atoms with Gasteiger partial charge in [-0.2, -0.15) is 0 Å². The number of benzene rings is 1. The van der Waals surface area contributed by atoms with Crippen molar-refractivity contribution in [2.45, 2.75) is 6.92 Å². The maximum atomic E-state index is 4.32. The zero-order valence-corrected chi connectivity index (χ0v) is 8.90. The quantitative estimate of drug-likeness (QED) is 0.725. The molecule has 0 atom stereocenters. The number of hydrogen-bond acceptors (Lipinski definition) is 1. The molecule has 1 aromatic rings. The first kappa shape index (κ1) is 11.8. The van der Waals surface area contributed by atoms with Crippen molar-refractivity contribution < 1.29 is 0 Å². The van der Waals surface area contributed by atoms with E-state index in [1.165, 1.54) is 16.6 Å². The van der Waals surface area contributed by atoms with E-state index in [0.29, 0.717) is 0 Å². The molecule has 70 valence electrons. The number of thiocarbonyl (C=S) groups is 1. The van der Waals surface area contributed by atoms with Gasteiger partial charge < -0.3 is 5.32 Å². The molecular formula is C11H15NS. The normalized spacial score (nSPS) is 7.85. The number of rotatable bonds is 2. The first-order valence-electron chi connectivity index (χ1n) is 4.04. The fraction of sp³-hybridized carbons (Fsp3) is 0.182. The molecular weight excluding hydrogens is 178 g/mol. The van der Waals surface area contributed by atoms with Crippen molar-refractivity contribution in [3.05, 3.63) is 42.0 Å². The predicted octanol–water partition coefficient (Wildman–Crippen LogP) is 2.80.